The molecule has 3 heteroatoms. The van der Waals surface area contributed by atoms with Gasteiger partial charge in [-0.25, -0.2) is 0 Å². The Morgan fingerprint density at radius 2 is 2.33 bits per heavy atom. The lowest BCUT2D eigenvalue weighted by Gasteiger charge is -2.32. The highest BCUT2D eigenvalue weighted by Crippen LogP contribution is 2.33. The molecule has 0 aliphatic carbocycles. The van der Waals surface area contributed by atoms with Gasteiger partial charge in [0, 0.05) is 6.54 Å². The van der Waals surface area contributed by atoms with Crippen LogP contribution in [0.5, 0.6) is 0 Å². The molecule has 0 aromatic heterocycles. The van der Waals surface area contributed by atoms with E-state index in [-0.39, 0.29) is 12.2 Å². The molecule has 96 valence electrons. The molecular weight excluding hydrogens is 224 g/mol. The van der Waals surface area contributed by atoms with Crippen molar-refractivity contribution in [1.82, 2.24) is 5.32 Å². The molecule has 0 bridgehead atoms. The quantitative estimate of drug-likeness (QED) is 0.865. The molecule has 0 saturated heterocycles. The Kier molecular flexibility index (Phi) is 3.08. The van der Waals surface area contributed by atoms with Crippen LogP contribution in [0.4, 0.5) is 0 Å². The highest BCUT2D eigenvalue weighted by atomic mass is 16.5. The summed E-state index contributed by atoms with van der Waals surface area (Å²) in [5, 5.41) is 3.35. The summed E-state index contributed by atoms with van der Waals surface area (Å²) in [6.45, 7) is 6.17. The van der Waals surface area contributed by atoms with E-state index in [9.17, 15) is 0 Å². The molecule has 2 aliphatic heterocycles. The smallest absolute Gasteiger partial charge is 0.140 e. The molecule has 1 aromatic carbocycles. The Morgan fingerprint density at radius 1 is 1.44 bits per heavy atom. The van der Waals surface area contributed by atoms with Crippen molar-refractivity contribution in [2.75, 3.05) is 13.1 Å². The van der Waals surface area contributed by atoms with Gasteiger partial charge in [-0.1, -0.05) is 25.1 Å². The summed E-state index contributed by atoms with van der Waals surface area (Å²) in [6.07, 6.45) is 2.38. The minimum atomic E-state index is 0.0118. The number of hydrogen-bond donors (Lipinski definition) is 1. The predicted octanol–water partition coefficient (Wildman–Crippen LogP) is 2.25. The van der Waals surface area contributed by atoms with E-state index < -0.39 is 0 Å². The maximum absolute atomic E-state index is 6.10. The van der Waals surface area contributed by atoms with Gasteiger partial charge in [-0.05, 0) is 36.5 Å². The molecule has 0 spiro atoms. The summed E-state index contributed by atoms with van der Waals surface area (Å²) in [5.41, 5.74) is 4.23. The summed E-state index contributed by atoms with van der Waals surface area (Å²) >= 11 is 0. The lowest BCUT2D eigenvalue weighted by molar-refractivity contribution is 0.0206. The first-order valence-corrected chi connectivity index (χ1v) is 6.84. The zero-order valence-corrected chi connectivity index (χ0v) is 11.1. The second-order valence-corrected chi connectivity index (χ2v) is 5.06. The number of aryl methyl sites for hydroxylation is 1. The van der Waals surface area contributed by atoms with Crippen LogP contribution in [-0.2, 0) is 17.6 Å². The fraction of sp³-hybridized carbons (Fsp3) is 0.533. The van der Waals surface area contributed by atoms with Crippen molar-refractivity contribution in [3.8, 4) is 0 Å². The topological polar surface area (TPSA) is 33.6 Å². The molecule has 1 N–H and O–H groups in total. The molecule has 2 unspecified atom stereocenters. The van der Waals surface area contributed by atoms with Crippen LogP contribution in [-0.4, -0.2) is 25.0 Å². The van der Waals surface area contributed by atoms with Gasteiger partial charge >= 0.3 is 0 Å². The van der Waals surface area contributed by atoms with Crippen LogP contribution < -0.4 is 5.32 Å². The van der Waals surface area contributed by atoms with Crippen LogP contribution in [0.15, 0.2) is 23.2 Å². The maximum Gasteiger partial charge on any atom is 0.140 e. The number of amidine groups is 1. The van der Waals surface area contributed by atoms with Crippen molar-refractivity contribution >= 4 is 5.84 Å². The van der Waals surface area contributed by atoms with Crippen LogP contribution >= 0.6 is 0 Å². The Hall–Kier alpha value is -1.35. The van der Waals surface area contributed by atoms with E-state index in [1.165, 1.54) is 16.7 Å². The van der Waals surface area contributed by atoms with Crippen molar-refractivity contribution in [3.63, 3.8) is 0 Å². The van der Waals surface area contributed by atoms with E-state index in [2.05, 4.69) is 42.4 Å². The van der Waals surface area contributed by atoms with E-state index in [1.54, 1.807) is 0 Å². The summed E-state index contributed by atoms with van der Waals surface area (Å²) < 4.78 is 6.10. The third kappa shape index (κ3) is 1.93. The molecule has 2 atom stereocenters. The summed E-state index contributed by atoms with van der Waals surface area (Å²) in [6, 6.07) is 6.56. The van der Waals surface area contributed by atoms with E-state index in [4.69, 9.17) is 4.74 Å². The van der Waals surface area contributed by atoms with Crippen molar-refractivity contribution < 1.29 is 4.74 Å². The lowest BCUT2D eigenvalue weighted by Crippen LogP contribution is -2.34. The molecule has 2 heterocycles. The second-order valence-electron chi connectivity index (χ2n) is 5.06. The first-order chi connectivity index (χ1) is 8.79. The summed E-state index contributed by atoms with van der Waals surface area (Å²) in [4.78, 5) is 4.53. The molecule has 0 fully saturated rings. The van der Waals surface area contributed by atoms with Gasteiger partial charge in [0.25, 0.3) is 0 Å². The SMILES string of the molecule is CCc1cccc2c1CC(C)OC2C1=NCCN1. The van der Waals surface area contributed by atoms with Crippen LogP contribution in [0.1, 0.15) is 36.6 Å². The number of aliphatic imine (C=N–C) groups is 1. The molecule has 0 radical (unpaired) electrons. The van der Waals surface area contributed by atoms with Crippen molar-refractivity contribution in [1.29, 1.82) is 0 Å². The van der Waals surface area contributed by atoms with E-state index in [0.29, 0.717) is 0 Å². The normalized spacial score (nSPS) is 26.4. The lowest BCUT2D eigenvalue weighted by atomic mass is 9.89. The predicted molar refractivity (Wildman–Crippen MR) is 73.1 cm³/mol. The van der Waals surface area contributed by atoms with Gasteiger partial charge in [-0.2, -0.15) is 0 Å². The molecule has 0 amide bonds. The third-order valence-electron chi connectivity index (χ3n) is 3.78. The van der Waals surface area contributed by atoms with Gasteiger partial charge in [0.05, 0.1) is 12.6 Å². The van der Waals surface area contributed by atoms with Gasteiger partial charge < -0.3 is 10.1 Å². The largest absolute Gasteiger partial charge is 0.369 e. The Labute approximate surface area is 108 Å². The number of nitrogens with zero attached hydrogens (tertiary/aromatic N) is 1. The molecule has 18 heavy (non-hydrogen) atoms. The number of rotatable bonds is 2. The zero-order chi connectivity index (χ0) is 12.5. The molecule has 2 aliphatic rings. The fourth-order valence-electron chi connectivity index (χ4n) is 2.93. The standard InChI is InChI=1S/C15H20N2O/c1-3-11-5-4-6-12-13(11)9-10(2)18-14(12)15-16-7-8-17-15/h4-6,10,14H,3,7-9H2,1-2H3,(H,16,17). The first kappa shape index (κ1) is 11.7. The van der Waals surface area contributed by atoms with E-state index in [1.807, 2.05) is 0 Å². The van der Waals surface area contributed by atoms with Gasteiger partial charge in [0.2, 0.25) is 0 Å². The summed E-state index contributed by atoms with van der Waals surface area (Å²) in [7, 11) is 0. The number of ether oxygens (including phenoxy) is 1. The van der Waals surface area contributed by atoms with Crippen LogP contribution in [0.2, 0.25) is 0 Å². The summed E-state index contributed by atoms with van der Waals surface area (Å²) in [5.74, 6) is 1.01. The zero-order valence-electron chi connectivity index (χ0n) is 11.1. The van der Waals surface area contributed by atoms with E-state index >= 15 is 0 Å². The number of benzene rings is 1. The Morgan fingerprint density at radius 3 is 3.06 bits per heavy atom. The molecule has 3 nitrogen and oxygen atoms in total. The highest BCUT2D eigenvalue weighted by molar-refractivity contribution is 5.89. The maximum atomic E-state index is 6.10. The highest BCUT2D eigenvalue weighted by Gasteiger charge is 2.31. The van der Waals surface area contributed by atoms with Crippen LogP contribution in [0, 0.1) is 0 Å². The van der Waals surface area contributed by atoms with Gasteiger partial charge in [0.15, 0.2) is 0 Å². The number of hydrogen-bond acceptors (Lipinski definition) is 3. The second kappa shape index (κ2) is 4.73. The van der Waals surface area contributed by atoms with Crippen molar-refractivity contribution in [2.45, 2.75) is 38.9 Å². The molecule has 3 rings (SSSR count). The average molecular weight is 244 g/mol. The van der Waals surface area contributed by atoms with Crippen molar-refractivity contribution in [3.05, 3.63) is 34.9 Å². The molecule has 1 aromatic rings. The molecular formula is C15H20N2O. The van der Waals surface area contributed by atoms with Crippen LogP contribution in [0.25, 0.3) is 0 Å². The Bertz CT molecular complexity index is 481. The monoisotopic (exact) mass is 244 g/mol. The van der Waals surface area contributed by atoms with Crippen LogP contribution in [0.3, 0.4) is 0 Å². The third-order valence-corrected chi connectivity index (χ3v) is 3.78. The minimum absolute atomic E-state index is 0.0118. The number of fused-ring (bicyclic) bond motifs is 1. The fourth-order valence-corrected chi connectivity index (χ4v) is 2.93. The van der Waals surface area contributed by atoms with Crippen molar-refractivity contribution in [2.24, 2.45) is 4.99 Å². The van der Waals surface area contributed by atoms with Gasteiger partial charge in [0.1, 0.15) is 11.9 Å². The van der Waals surface area contributed by atoms with E-state index in [0.717, 1.165) is 31.8 Å². The minimum Gasteiger partial charge on any atom is -0.369 e. The first-order valence-electron chi connectivity index (χ1n) is 6.84. The molecule has 0 saturated carbocycles. The number of nitrogens with one attached hydrogen (secondary N) is 1. The average Bonchev–Trinajstić information content (AvgIpc) is 2.90. The Balaban J connectivity index is 2.04. The van der Waals surface area contributed by atoms with Gasteiger partial charge in [-0.15, -0.1) is 0 Å². The van der Waals surface area contributed by atoms with Gasteiger partial charge in [-0.3, -0.25) is 4.99 Å².